The number of thiophene rings is 1. The standard InChI is InChI=1S/C11H10F2N2O2S2/c12-8-3-4-9(10(13)11(8)14)19(16,17)15-6-7-2-1-5-18-7/h1-5,15H,6,14H2. The molecule has 0 aliphatic rings. The first-order chi connectivity index (χ1) is 8.92. The van der Waals surface area contributed by atoms with Gasteiger partial charge in [-0.1, -0.05) is 6.07 Å². The van der Waals surface area contributed by atoms with Crippen molar-refractivity contribution in [3.8, 4) is 0 Å². The lowest BCUT2D eigenvalue weighted by Gasteiger charge is -2.08. The SMILES string of the molecule is Nc1c(F)ccc(S(=O)(=O)NCc2cccs2)c1F. The Bertz CT molecular complexity index is 685. The monoisotopic (exact) mass is 304 g/mol. The maximum atomic E-state index is 13.6. The highest BCUT2D eigenvalue weighted by Crippen LogP contribution is 2.22. The van der Waals surface area contributed by atoms with Crippen molar-refractivity contribution in [3.63, 3.8) is 0 Å². The van der Waals surface area contributed by atoms with Crippen molar-refractivity contribution in [2.45, 2.75) is 11.4 Å². The molecule has 0 fully saturated rings. The number of hydrogen-bond acceptors (Lipinski definition) is 4. The highest BCUT2D eigenvalue weighted by molar-refractivity contribution is 7.89. The fourth-order valence-corrected chi connectivity index (χ4v) is 3.24. The molecule has 0 amide bonds. The van der Waals surface area contributed by atoms with Gasteiger partial charge in [0.15, 0.2) is 5.82 Å². The predicted molar refractivity (Wildman–Crippen MR) is 69.1 cm³/mol. The van der Waals surface area contributed by atoms with Crippen LogP contribution in [0, 0.1) is 11.6 Å². The van der Waals surface area contributed by atoms with Gasteiger partial charge in [0.2, 0.25) is 10.0 Å². The van der Waals surface area contributed by atoms with Crippen LogP contribution < -0.4 is 10.5 Å². The fraction of sp³-hybridized carbons (Fsp3) is 0.0909. The average Bonchev–Trinajstić information content (AvgIpc) is 2.86. The van der Waals surface area contributed by atoms with Crippen molar-refractivity contribution in [2.24, 2.45) is 0 Å². The van der Waals surface area contributed by atoms with Crippen LogP contribution in [-0.2, 0) is 16.6 Å². The first kappa shape index (κ1) is 13.9. The molecule has 1 aromatic heterocycles. The molecule has 0 unspecified atom stereocenters. The van der Waals surface area contributed by atoms with Gasteiger partial charge in [-0.3, -0.25) is 0 Å². The Labute approximate surface area is 112 Å². The molecule has 0 saturated heterocycles. The van der Waals surface area contributed by atoms with Gasteiger partial charge in [0.25, 0.3) is 0 Å². The molecule has 0 radical (unpaired) electrons. The first-order valence-electron chi connectivity index (χ1n) is 5.17. The summed E-state index contributed by atoms with van der Waals surface area (Å²) in [4.78, 5) is 0.113. The molecule has 19 heavy (non-hydrogen) atoms. The zero-order chi connectivity index (χ0) is 14.0. The molecule has 0 bridgehead atoms. The summed E-state index contributed by atoms with van der Waals surface area (Å²) in [7, 11) is -4.07. The van der Waals surface area contributed by atoms with Gasteiger partial charge >= 0.3 is 0 Å². The minimum Gasteiger partial charge on any atom is -0.394 e. The van der Waals surface area contributed by atoms with Crippen molar-refractivity contribution in [1.82, 2.24) is 4.72 Å². The Kier molecular flexibility index (Phi) is 3.83. The molecule has 3 N–H and O–H groups in total. The summed E-state index contributed by atoms with van der Waals surface area (Å²) in [5.74, 6) is -2.27. The normalized spacial score (nSPS) is 11.7. The number of rotatable bonds is 4. The highest BCUT2D eigenvalue weighted by Gasteiger charge is 2.22. The summed E-state index contributed by atoms with van der Waals surface area (Å²) in [5.41, 5.74) is 4.32. The van der Waals surface area contributed by atoms with E-state index in [9.17, 15) is 17.2 Å². The Morgan fingerprint density at radius 3 is 2.63 bits per heavy atom. The predicted octanol–water partition coefficient (Wildman–Crippen LogP) is 2.09. The molecule has 1 heterocycles. The molecule has 2 rings (SSSR count). The van der Waals surface area contributed by atoms with Gasteiger partial charge in [0.05, 0.1) is 0 Å². The van der Waals surface area contributed by atoms with Crippen LogP contribution in [0.2, 0.25) is 0 Å². The van der Waals surface area contributed by atoms with E-state index in [1.807, 2.05) is 0 Å². The number of nitrogens with two attached hydrogens (primary N) is 1. The molecule has 0 aliphatic heterocycles. The molecule has 4 nitrogen and oxygen atoms in total. The van der Waals surface area contributed by atoms with E-state index in [4.69, 9.17) is 5.73 Å². The lowest BCUT2D eigenvalue weighted by Crippen LogP contribution is -2.24. The Balaban J connectivity index is 2.27. The van der Waals surface area contributed by atoms with E-state index < -0.39 is 32.2 Å². The lowest BCUT2D eigenvalue weighted by atomic mass is 10.3. The van der Waals surface area contributed by atoms with E-state index in [-0.39, 0.29) is 6.54 Å². The van der Waals surface area contributed by atoms with Crippen molar-refractivity contribution in [3.05, 3.63) is 46.2 Å². The zero-order valence-corrected chi connectivity index (χ0v) is 11.2. The van der Waals surface area contributed by atoms with Gasteiger partial charge in [0, 0.05) is 11.4 Å². The van der Waals surface area contributed by atoms with Crippen LogP contribution in [0.1, 0.15) is 4.88 Å². The first-order valence-corrected chi connectivity index (χ1v) is 7.53. The summed E-state index contributed by atoms with van der Waals surface area (Å²) in [6.07, 6.45) is 0. The average molecular weight is 304 g/mol. The van der Waals surface area contributed by atoms with E-state index in [2.05, 4.69) is 4.72 Å². The van der Waals surface area contributed by atoms with E-state index in [1.54, 1.807) is 17.5 Å². The number of nitrogen functional groups attached to an aromatic ring is 1. The fourth-order valence-electron chi connectivity index (χ4n) is 1.41. The minimum atomic E-state index is -4.07. The van der Waals surface area contributed by atoms with E-state index in [0.717, 1.165) is 17.0 Å². The molecule has 2 aromatic rings. The van der Waals surface area contributed by atoms with Gasteiger partial charge in [0.1, 0.15) is 16.4 Å². The number of sulfonamides is 1. The van der Waals surface area contributed by atoms with E-state index in [0.29, 0.717) is 0 Å². The maximum absolute atomic E-state index is 13.6. The summed E-state index contributed by atoms with van der Waals surface area (Å²) in [6.45, 7) is 0.0384. The maximum Gasteiger partial charge on any atom is 0.243 e. The second-order valence-corrected chi connectivity index (χ2v) is 6.44. The van der Waals surface area contributed by atoms with E-state index >= 15 is 0 Å². The molecule has 8 heteroatoms. The van der Waals surface area contributed by atoms with Gasteiger partial charge in [-0.05, 0) is 23.6 Å². The summed E-state index contributed by atoms with van der Waals surface area (Å²) in [5, 5.41) is 1.79. The molecular formula is C11H10F2N2O2S2. The quantitative estimate of drug-likeness (QED) is 0.850. The van der Waals surface area contributed by atoms with Crippen molar-refractivity contribution < 1.29 is 17.2 Å². The Morgan fingerprint density at radius 2 is 2.00 bits per heavy atom. The number of nitrogens with one attached hydrogen (secondary N) is 1. The van der Waals surface area contributed by atoms with Crippen LogP contribution in [0.4, 0.5) is 14.5 Å². The van der Waals surface area contributed by atoms with Crippen molar-refractivity contribution >= 4 is 27.0 Å². The van der Waals surface area contributed by atoms with Gasteiger partial charge < -0.3 is 5.73 Å². The summed E-state index contributed by atoms with van der Waals surface area (Å²) in [6, 6.07) is 5.17. The molecule has 0 saturated carbocycles. The van der Waals surface area contributed by atoms with Crippen molar-refractivity contribution in [1.29, 1.82) is 0 Å². The van der Waals surface area contributed by atoms with E-state index in [1.165, 1.54) is 11.3 Å². The van der Waals surface area contributed by atoms with Gasteiger partial charge in [-0.15, -0.1) is 11.3 Å². The van der Waals surface area contributed by atoms with Crippen LogP contribution in [-0.4, -0.2) is 8.42 Å². The molecule has 102 valence electrons. The molecule has 0 spiro atoms. The smallest absolute Gasteiger partial charge is 0.243 e. The Morgan fingerprint density at radius 1 is 1.26 bits per heavy atom. The number of hydrogen-bond donors (Lipinski definition) is 2. The van der Waals surface area contributed by atoms with Gasteiger partial charge in [-0.2, -0.15) is 0 Å². The zero-order valence-electron chi connectivity index (χ0n) is 9.56. The van der Waals surface area contributed by atoms with Crippen LogP contribution >= 0.6 is 11.3 Å². The number of halogens is 2. The van der Waals surface area contributed by atoms with Crippen LogP contribution in [0.25, 0.3) is 0 Å². The third kappa shape index (κ3) is 2.91. The molecule has 0 aliphatic carbocycles. The minimum absolute atomic E-state index is 0.0384. The van der Waals surface area contributed by atoms with Crippen LogP contribution in [0.3, 0.4) is 0 Å². The van der Waals surface area contributed by atoms with Gasteiger partial charge in [-0.25, -0.2) is 21.9 Å². The molecular weight excluding hydrogens is 294 g/mol. The van der Waals surface area contributed by atoms with Crippen LogP contribution in [0.15, 0.2) is 34.5 Å². The highest BCUT2D eigenvalue weighted by atomic mass is 32.2. The summed E-state index contributed by atoms with van der Waals surface area (Å²) >= 11 is 1.36. The second-order valence-electron chi connectivity index (χ2n) is 3.68. The Hall–Kier alpha value is -1.51. The second kappa shape index (κ2) is 5.24. The summed E-state index contributed by atoms with van der Waals surface area (Å²) < 4.78 is 52.6. The topological polar surface area (TPSA) is 72.2 Å². The van der Waals surface area contributed by atoms with Crippen molar-refractivity contribution in [2.75, 3.05) is 5.73 Å². The number of benzene rings is 1. The third-order valence-electron chi connectivity index (χ3n) is 2.40. The largest absolute Gasteiger partial charge is 0.394 e. The molecule has 0 atom stereocenters. The lowest BCUT2D eigenvalue weighted by molar-refractivity contribution is 0.548. The van der Waals surface area contributed by atoms with Crippen LogP contribution in [0.5, 0.6) is 0 Å². The third-order valence-corrected chi connectivity index (χ3v) is 4.69. The molecule has 1 aromatic carbocycles. The number of anilines is 1.